The largest absolute Gasteiger partial charge is 0.336 e. The summed E-state index contributed by atoms with van der Waals surface area (Å²) in [6.07, 6.45) is 0. The first-order valence-electron chi connectivity index (χ1n) is 9.30. The van der Waals surface area contributed by atoms with Gasteiger partial charge in [-0.05, 0) is 43.6 Å². The Morgan fingerprint density at radius 1 is 1.07 bits per heavy atom. The lowest BCUT2D eigenvalue weighted by molar-refractivity contribution is -0.132. The number of rotatable bonds is 9. The second kappa shape index (κ2) is 9.84. The lowest BCUT2D eigenvalue weighted by Crippen LogP contribution is -2.38. The van der Waals surface area contributed by atoms with Crippen LogP contribution in [0.15, 0.2) is 59.8 Å². The van der Waals surface area contributed by atoms with E-state index in [4.69, 9.17) is 0 Å². The number of carbonyl (C=O) groups excluding carboxylic acids is 1. The second-order valence-corrected chi connectivity index (χ2v) is 7.91. The second-order valence-electron chi connectivity index (χ2n) is 6.95. The van der Waals surface area contributed by atoms with E-state index in [1.807, 2.05) is 55.4 Å². The SMILES string of the molecule is CN(C)CCN(Cc1ccccc1)C(=O)Cn1c(SC(F)F)nc2ccccc21. The average molecular weight is 419 g/mol. The van der Waals surface area contributed by atoms with Gasteiger partial charge in [-0.1, -0.05) is 42.5 Å². The third-order valence-corrected chi connectivity index (χ3v) is 5.19. The number of alkyl halides is 2. The molecule has 0 saturated heterocycles. The molecule has 0 aliphatic carbocycles. The molecular weight excluding hydrogens is 394 g/mol. The van der Waals surface area contributed by atoms with Gasteiger partial charge < -0.3 is 14.4 Å². The Morgan fingerprint density at radius 2 is 1.76 bits per heavy atom. The van der Waals surface area contributed by atoms with Gasteiger partial charge in [0.2, 0.25) is 5.91 Å². The fourth-order valence-electron chi connectivity index (χ4n) is 3.03. The summed E-state index contributed by atoms with van der Waals surface area (Å²) in [7, 11) is 3.90. The van der Waals surface area contributed by atoms with Crippen molar-refractivity contribution < 1.29 is 13.6 Å². The molecule has 0 aliphatic heterocycles. The molecule has 154 valence electrons. The van der Waals surface area contributed by atoms with E-state index in [0.29, 0.717) is 42.4 Å². The van der Waals surface area contributed by atoms with Gasteiger partial charge in [-0.15, -0.1) is 0 Å². The standard InChI is InChI=1S/C21H24F2N4OS/c1-25(2)12-13-26(14-16-8-4-3-5-9-16)19(28)15-27-18-11-7-6-10-17(18)24-21(27)29-20(22)23/h3-11,20H,12-15H2,1-2H3. The Kier molecular flexibility index (Phi) is 7.22. The molecule has 0 atom stereocenters. The number of fused-ring (bicyclic) bond motifs is 1. The third-order valence-electron chi connectivity index (χ3n) is 4.49. The fourth-order valence-corrected chi connectivity index (χ4v) is 3.63. The zero-order valence-electron chi connectivity index (χ0n) is 16.5. The molecule has 0 saturated carbocycles. The fraction of sp³-hybridized carbons (Fsp3) is 0.333. The first-order chi connectivity index (χ1) is 13.9. The summed E-state index contributed by atoms with van der Waals surface area (Å²) in [6, 6.07) is 16.9. The maximum atomic E-state index is 13.2. The van der Waals surface area contributed by atoms with Crippen molar-refractivity contribution in [2.45, 2.75) is 24.0 Å². The number of halogens is 2. The molecule has 29 heavy (non-hydrogen) atoms. The molecule has 3 rings (SSSR count). The van der Waals surface area contributed by atoms with Crippen LogP contribution in [0.5, 0.6) is 0 Å². The van der Waals surface area contributed by atoms with Gasteiger partial charge in [0.1, 0.15) is 6.54 Å². The number of imidazole rings is 1. The zero-order chi connectivity index (χ0) is 20.8. The topological polar surface area (TPSA) is 41.4 Å². The molecule has 0 fully saturated rings. The van der Waals surface area contributed by atoms with E-state index in [1.165, 1.54) is 0 Å². The van der Waals surface area contributed by atoms with Crippen LogP contribution in [0.1, 0.15) is 5.56 Å². The Hall–Kier alpha value is -2.45. The molecule has 2 aromatic carbocycles. The number of benzene rings is 2. The van der Waals surface area contributed by atoms with Gasteiger partial charge in [0.05, 0.1) is 11.0 Å². The minimum Gasteiger partial charge on any atom is -0.336 e. The Morgan fingerprint density at radius 3 is 2.45 bits per heavy atom. The van der Waals surface area contributed by atoms with E-state index in [9.17, 15) is 13.6 Å². The molecule has 1 heterocycles. The molecule has 8 heteroatoms. The van der Waals surface area contributed by atoms with Crippen molar-refractivity contribution in [1.29, 1.82) is 0 Å². The molecule has 0 N–H and O–H groups in total. The summed E-state index contributed by atoms with van der Waals surface area (Å²) in [5.41, 5.74) is 2.31. The van der Waals surface area contributed by atoms with Gasteiger partial charge in [-0.2, -0.15) is 8.78 Å². The number of thioether (sulfide) groups is 1. The van der Waals surface area contributed by atoms with E-state index in [0.717, 1.165) is 5.56 Å². The minimum absolute atomic E-state index is 0.0319. The predicted octanol–water partition coefficient (Wildman–Crippen LogP) is 3.94. The number of hydrogen-bond acceptors (Lipinski definition) is 4. The van der Waals surface area contributed by atoms with Gasteiger partial charge in [0, 0.05) is 19.6 Å². The summed E-state index contributed by atoms with van der Waals surface area (Å²) >= 11 is 0.366. The number of hydrogen-bond donors (Lipinski definition) is 0. The number of para-hydroxylation sites is 2. The van der Waals surface area contributed by atoms with Crippen LogP contribution in [0.4, 0.5) is 8.78 Å². The Bertz CT molecular complexity index is 946. The van der Waals surface area contributed by atoms with Crippen LogP contribution in [-0.2, 0) is 17.9 Å². The molecule has 5 nitrogen and oxygen atoms in total. The maximum Gasteiger partial charge on any atom is 0.291 e. The summed E-state index contributed by atoms with van der Waals surface area (Å²) in [5, 5.41) is 0.154. The van der Waals surface area contributed by atoms with Crippen molar-refractivity contribution in [1.82, 2.24) is 19.4 Å². The molecule has 0 radical (unpaired) electrons. The lowest BCUT2D eigenvalue weighted by atomic mass is 10.2. The minimum atomic E-state index is -2.60. The Balaban J connectivity index is 1.86. The van der Waals surface area contributed by atoms with E-state index >= 15 is 0 Å². The maximum absolute atomic E-state index is 13.2. The van der Waals surface area contributed by atoms with Crippen LogP contribution in [0, 0.1) is 0 Å². The van der Waals surface area contributed by atoms with E-state index in [2.05, 4.69) is 4.98 Å². The highest BCUT2D eigenvalue weighted by Gasteiger charge is 2.21. The molecule has 1 amide bonds. The number of carbonyl (C=O) groups is 1. The summed E-state index contributed by atoms with van der Waals surface area (Å²) < 4.78 is 27.6. The van der Waals surface area contributed by atoms with Crippen LogP contribution in [0.2, 0.25) is 0 Å². The lowest BCUT2D eigenvalue weighted by Gasteiger charge is -2.25. The highest BCUT2D eigenvalue weighted by molar-refractivity contribution is 7.99. The molecule has 0 spiro atoms. The van der Waals surface area contributed by atoms with Gasteiger partial charge in [-0.25, -0.2) is 4.98 Å². The molecule has 0 bridgehead atoms. The number of nitrogens with zero attached hydrogens (tertiary/aromatic N) is 4. The Labute approximate surface area is 173 Å². The first kappa shape index (κ1) is 21.3. The van der Waals surface area contributed by atoms with E-state index < -0.39 is 5.76 Å². The van der Waals surface area contributed by atoms with Crippen molar-refractivity contribution >= 4 is 28.7 Å². The van der Waals surface area contributed by atoms with Crippen molar-refractivity contribution in [3.8, 4) is 0 Å². The third kappa shape index (κ3) is 5.77. The monoisotopic (exact) mass is 418 g/mol. The smallest absolute Gasteiger partial charge is 0.291 e. The number of amides is 1. The van der Waals surface area contributed by atoms with Gasteiger partial charge in [-0.3, -0.25) is 4.79 Å². The summed E-state index contributed by atoms with van der Waals surface area (Å²) in [5.74, 6) is -2.73. The zero-order valence-corrected chi connectivity index (χ0v) is 17.3. The first-order valence-corrected chi connectivity index (χ1v) is 10.2. The van der Waals surface area contributed by atoms with Crippen molar-refractivity contribution in [2.24, 2.45) is 0 Å². The number of aromatic nitrogens is 2. The van der Waals surface area contributed by atoms with E-state index in [-0.39, 0.29) is 17.6 Å². The van der Waals surface area contributed by atoms with Gasteiger partial charge in [0.15, 0.2) is 5.16 Å². The van der Waals surface area contributed by atoms with Crippen LogP contribution < -0.4 is 0 Å². The highest BCUT2D eigenvalue weighted by Crippen LogP contribution is 2.28. The molecular formula is C21H24F2N4OS. The normalized spacial score (nSPS) is 11.5. The van der Waals surface area contributed by atoms with Gasteiger partial charge >= 0.3 is 0 Å². The number of likely N-dealkylation sites (N-methyl/N-ethyl adjacent to an activating group) is 1. The quantitative estimate of drug-likeness (QED) is 0.494. The molecule has 0 unspecified atom stereocenters. The van der Waals surface area contributed by atoms with Crippen molar-refractivity contribution in [2.75, 3.05) is 27.2 Å². The molecule has 3 aromatic rings. The van der Waals surface area contributed by atoms with Crippen LogP contribution in [-0.4, -0.2) is 58.2 Å². The van der Waals surface area contributed by atoms with Crippen molar-refractivity contribution in [3.63, 3.8) is 0 Å². The molecule has 1 aromatic heterocycles. The molecule has 0 aliphatic rings. The predicted molar refractivity (Wildman–Crippen MR) is 112 cm³/mol. The van der Waals surface area contributed by atoms with Crippen molar-refractivity contribution in [3.05, 3.63) is 60.2 Å². The van der Waals surface area contributed by atoms with E-state index in [1.54, 1.807) is 27.7 Å². The highest BCUT2D eigenvalue weighted by atomic mass is 32.2. The van der Waals surface area contributed by atoms with Gasteiger partial charge in [0.25, 0.3) is 5.76 Å². The van der Waals surface area contributed by atoms with Crippen LogP contribution in [0.25, 0.3) is 11.0 Å². The van der Waals surface area contributed by atoms with Crippen LogP contribution >= 0.6 is 11.8 Å². The summed E-state index contributed by atoms with van der Waals surface area (Å²) in [4.78, 5) is 21.2. The summed E-state index contributed by atoms with van der Waals surface area (Å²) in [6.45, 7) is 1.69. The average Bonchev–Trinajstić information content (AvgIpc) is 3.02. The van der Waals surface area contributed by atoms with Crippen LogP contribution in [0.3, 0.4) is 0 Å².